The fraction of sp³-hybridized carbons (Fsp3) is 0.471. The quantitative estimate of drug-likeness (QED) is 0.888. The zero-order valence-electron chi connectivity index (χ0n) is 12.3. The molecule has 1 aliphatic rings. The molecule has 1 saturated heterocycles. The monoisotopic (exact) mass is 269 g/mol. The van der Waals surface area contributed by atoms with E-state index >= 15 is 0 Å². The number of H-pyrrole nitrogens is 1. The lowest BCUT2D eigenvalue weighted by atomic mass is 10.0. The fourth-order valence-corrected chi connectivity index (χ4v) is 2.90. The van der Waals surface area contributed by atoms with Gasteiger partial charge in [-0.15, -0.1) is 0 Å². The summed E-state index contributed by atoms with van der Waals surface area (Å²) in [4.78, 5) is 0. The summed E-state index contributed by atoms with van der Waals surface area (Å²) in [5, 5.41) is 11.1. The van der Waals surface area contributed by atoms with Gasteiger partial charge in [0, 0.05) is 11.6 Å². The van der Waals surface area contributed by atoms with E-state index in [0.717, 1.165) is 18.7 Å². The molecular formula is C17H23N3. The maximum absolute atomic E-state index is 4.46. The molecule has 2 N–H and O–H groups in total. The van der Waals surface area contributed by atoms with Crippen molar-refractivity contribution in [3.05, 3.63) is 41.6 Å². The van der Waals surface area contributed by atoms with Crippen molar-refractivity contribution in [2.75, 3.05) is 6.54 Å². The minimum absolute atomic E-state index is 0.455. The first-order chi connectivity index (χ1) is 9.72. The molecule has 0 spiro atoms. The highest BCUT2D eigenvalue weighted by atomic mass is 15.1. The van der Waals surface area contributed by atoms with Crippen LogP contribution in [-0.2, 0) is 6.42 Å². The number of benzene rings is 1. The minimum Gasteiger partial charge on any atom is -0.309 e. The Morgan fingerprint density at radius 3 is 2.70 bits per heavy atom. The van der Waals surface area contributed by atoms with Crippen LogP contribution in [0.1, 0.15) is 44.0 Å². The Balaban J connectivity index is 1.75. The van der Waals surface area contributed by atoms with E-state index in [-0.39, 0.29) is 0 Å². The van der Waals surface area contributed by atoms with Crippen LogP contribution >= 0.6 is 0 Å². The van der Waals surface area contributed by atoms with E-state index in [2.05, 4.69) is 59.7 Å². The van der Waals surface area contributed by atoms with Crippen molar-refractivity contribution in [2.45, 2.75) is 39.2 Å². The van der Waals surface area contributed by atoms with Crippen LogP contribution in [0.5, 0.6) is 0 Å². The van der Waals surface area contributed by atoms with Gasteiger partial charge in [-0.1, -0.05) is 38.1 Å². The first kappa shape index (κ1) is 13.4. The lowest BCUT2D eigenvalue weighted by Crippen LogP contribution is -2.12. The van der Waals surface area contributed by atoms with Gasteiger partial charge in [0.2, 0.25) is 0 Å². The molecule has 1 aromatic heterocycles. The highest BCUT2D eigenvalue weighted by molar-refractivity contribution is 5.59. The van der Waals surface area contributed by atoms with Gasteiger partial charge >= 0.3 is 0 Å². The number of aromatic nitrogens is 2. The van der Waals surface area contributed by atoms with Gasteiger partial charge in [0.1, 0.15) is 0 Å². The maximum Gasteiger partial charge on any atom is 0.0924 e. The van der Waals surface area contributed by atoms with Gasteiger partial charge in [0.05, 0.1) is 11.4 Å². The van der Waals surface area contributed by atoms with Crippen LogP contribution in [0.2, 0.25) is 0 Å². The molecule has 0 aliphatic carbocycles. The van der Waals surface area contributed by atoms with Gasteiger partial charge in [-0.2, -0.15) is 5.10 Å². The SMILES string of the molecule is CC(C)Cc1ccc(-c2cc(C3CCCN3)[nH]n2)cc1. The molecule has 2 aromatic rings. The zero-order valence-corrected chi connectivity index (χ0v) is 12.3. The summed E-state index contributed by atoms with van der Waals surface area (Å²) in [6, 6.07) is 11.4. The van der Waals surface area contributed by atoms with Crippen LogP contribution in [0, 0.1) is 5.92 Å². The van der Waals surface area contributed by atoms with E-state index in [1.807, 2.05) is 0 Å². The molecule has 1 unspecified atom stereocenters. The highest BCUT2D eigenvalue weighted by Crippen LogP contribution is 2.25. The first-order valence-electron chi connectivity index (χ1n) is 7.60. The highest BCUT2D eigenvalue weighted by Gasteiger charge is 2.18. The van der Waals surface area contributed by atoms with Crippen LogP contribution in [0.25, 0.3) is 11.3 Å². The molecule has 1 aromatic carbocycles. The summed E-state index contributed by atoms with van der Waals surface area (Å²) in [6.45, 7) is 5.62. The first-order valence-corrected chi connectivity index (χ1v) is 7.60. The van der Waals surface area contributed by atoms with Crippen LogP contribution < -0.4 is 5.32 Å². The van der Waals surface area contributed by atoms with Gasteiger partial charge in [-0.05, 0) is 43.4 Å². The van der Waals surface area contributed by atoms with Crippen LogP contribution in [0.4, 0.5) is 0 Å². The minimum atomic E-state index is 0.455. The molecule has 20 heavy (non-hydrogen) atoms. The molecular weight excluding hydrogens is 246 g/mol. The number of rotatable bonds is 4. The van der Waals surface area contributed by atoms with Crippen LogP contribution in [-0.4, -0.2) is 16.7 Å². The third-order valence-corrected chi connectivity index (χ3v) is 3.93. The summed E-state index contributed by atoms with van der Waals surface area (Å²) in [5.74, 6) is 0.700. The molecule has 106 valence electrons. The largest absolute Gasteiger partial charge is 0.309 e. The van der Waals surface area contributed by atoms with Crippen molar-refractivity contribution >= 4 is 0 Å². The van der Waals surface area contributed by atoms with Crippen LogP contribution in [0.15, 0.2) is 30.3 Å². The second-order valence-electron chi connectivity index (χ2n) is 6.15. The predicted octanol–water partition coefficient (Wildman–Crippen LogP) is 3.70. The summed E-state index contributed by atoms with van der Waals surface area (Å²) in [7, 11) is 0. The number of hydrogen-bond acceptors (Lipinski definition) is 2. The number of nitrogens with one attached hydrogen (secondary N) is 2. The predicted molar refractivity (Wildman–Crippen MR) is 82.5 cm³/mol. The van der Waals surface area contributed by atoms with Crippen LogP contribution in [0.3, 0.4) is 0 Å². The number of nitrogens with zero attached hydrogens (tertiary/aromatic N) is 1. The van der Waals surface area contributed by atoms with Gasteiger partial charge < -0.3 is 5.32 Å². The Labute approximate surface area is 120 Å². The molecule has 2 heterocycles. The third kappa shape index (κ3) is 2.93. The zero-order chi connectivity index (χ0) is 13.9. The van der Waals surface area contributed by atoms with Gasteiger partial charge in [0.25, 0.3) is 0 Å². The Hall–Kier alpha value is -1.61. The molecule has 0 bridgehead atoms. The Bertz CT molecular complexity index is 548. The van der Waals surface area contributed by atoms with E-state index in [9.17, 15) is 0 Å². The Kier molecular flexibility index (Phi) is 3.88. The Morgan fingerprint density at radius 1 is 1.25 bits per heavy atom. The van der Waals surface area contributed by atoms with Crippen molar-refractivity contribution in [1.82, 2.24) is 15.5 Å². The smallest absolute Gasteiger partial charge is 0.0924 e. The molecule has 3 heteroatoms. The van der Waals surface area contributed by atoms with Crippen molar-refractivity contribution in [2.24, 2.45) is 5.92 Å². The second kappa shape index (κ2) is 5.80. The molecule has 1 fully saturated rings. The van der Waals surface area contributed by atoms with E-state index in [1.54, 1.807) is 0 Å². The Morgan fingerprint density at radius 2 is 2.05 bits per heavy atom. The van der Waals surface area contributed by atoms with E-state index in [1.165, 1.54) is 29.7 Å². The average Bonchev–Trinajstić information content (AvgIpc) is 3.10. The molecule has 0 saturated carbocycles. The van der Waals surface area contributed by atoms with Gasteiger partial charge in [-0.3, -0.25) is 5.10 Å². The van der Waals surface area contributed by atoms with E-state index < -0.39 is 0 Å². The third-order valence-electron chi connectivity index (χ3n) is 3.93. The van der Waals surface area contributed by atoms with Gasteiger partial charge in [0.15, 0.2) is 0 Å². The molecule has 0 radical (unpaired) electrons. The lowest BCUT2D eigenvalue weighted by molar-refractivity contribution is 0.625. The van der Waals surface area contributed by atoms with Gasteiger partial charge in [-0.25, -0.2) is 0 Å². The van der Waals surface area contributed by atoms with Crippen molar-refractivity contribution in [3.8, 4) is 11.3 Å². The van der Waals surface area contributed by atoms with Crippen molar-refractivity contribution < 1.29 is 0 Å². The summed E-state index contributed by atoms with van der Waals surface area (Å²) in [6.07, 6.45) is 3.59. The van der Waals surface area contributed by atoms with E-state index in [4.69, 9.17) is 0 Å². The molecule has 1 aliphatic heterocycles. The average molecular weight is 269 g/mol. The molecule has 3 rings (SSSR count). The van der Waals surface area contributed by atoms with Crippen molar-refractivity contribution in [1.29, 1.82) is 0 Å². The molecule has 0 amide bonds. The normalized spacial score (nSPS) is 18.9. The standard InChI is InChI=1S/C17H23N3/c1-12(2)10-13-5-7-14(8-6-13)16-11-17(20-19-16)15-4-3-9-18-15/h5-8,11-12,15,18H,3-4,9-10H2,1-2H3,(H,19,20). The number of aromatic amines is 1. The van der Waals surface area contributed by atoms with Crippen molar-refractivity contribution in [3.63, 3.8) is 0 Å². The second-order valence-corrected chi connectivity index (χ2v) is 6.15. The molecule has 1 atom stereocenters. The summed E-state index contributed by atoms with van der Waals surface area (Å²) in [5.41, 5.74) is 4.85. The maximum atomic E-state index is 4.46. The summed E-state index contributed by atoms with van der Waals surface area (Å²) >= 11 is 0. The number of hydrogen-bond donors (Lipinski definition) is 2. The molecule has 3 nitrogen and oxygen atoms in total. The summed E-state index contributed by atoms with van der Waals surface area (Å²) < 4.78 is 0. The van der Waals surface area contributed by atoms with E-state index in [0.29, 0.717) is 12.0 Å². The lowest BCUT2D eigenvalue weighted by Gasteiger charge is -2.06. The fourth-order valence-electron chi connectivity index (χ4n) is 2.90. The topological polar surface area (TPSA) is 40.7 Å².